The number of nitrogens with one attached hydrogen (secondary N) is 1. The topological polar surface area (TPSA) is 12.0 Å². The van der Waals surface area contributed by atoms with E-state index in [2.05, 4.69) is 23.3 Å². The lowest BCUT2D eigenvalue weighted by Gasteiger charge is -2.09. The molecule has 3 heteroatoms. The lowest BCUT2D eigenvalue weighted by atomic mass is 10.3. The van der Waals surface area contributed by atoms with Gasteiger partial charge in [0.2, 0.25) is 0 Å². The average Bonchev–Trinajstić information content (AvgIpc) is 2.41. The number of thioether (sulfide) groups is 2. The molecule has 60 valence electrons. The monoisotopic (exact) mass is 177 g/mol. The number of rotatable bonds is 4. The van der Waals surface area contributed by atoms with E-state index >= 15 is 0 Å². The molecule has 0 aromatic heterocycles. The first-order chi connectivity index (χ1) is 4.93. The third-order valence-corrected chi connectivity index (χ3v) is 3.44. The highest BCUT2D eigenvalue weighted by Gasteiger charge is 2.13. The van der Waals surface area contributed by atoms with Crippen molar-refractivity contribution in [1.82, 2.24) is 5.32 Å². The zero-order valence-corrected chi connectivity index (χ0v) is 8.06. The second kappa shape index (κ2) is 5.33. The fourth-order valence-electron chi connectivity index (χ4n) is 1.06. The van der Waals surface area contributed by atoms with Gasteiger partial charge in [0.15, 0.2) is 0 Å². The predicted octanol–water partition coefficient (Wildman–Crippen LogP) is 1.44. The maximum Gasteiger partial charge on any atom is 0.0166 e. The summed E-state index contributed by atoms with van der Waals surface area (Å²) in [6.07, 6.45) is 3.53. The van der Waals surface area contributed by atoms with Gasteiger partial charge < -0.3 is 5.32 Å². The van der Waals surface area contributed by atoms with Crippen LogP contribution in [-0.4, -0.2) is 36.1 Å². The van der Waals surface area contributed by atoms with Gasteiger partial charge in [-0.05, 0) is 18.4 Å². The molecule has 10 heavy (non-hydrogen) atoms. The van der Waals surface area contributed by atoms with Crippen LogP contribution in [0.3, 0.4) is 0 Å². The van der Waals surface area contributed by atoms with Gasteiger partial charge >= 0.3 is 0 Å². The molecule has 0 radical (unpaired) electrons. The van der Waals surface area contributed by atoms with Crippen LogP contribution < -0.4 is 5.32 Å². The van der Waals surface area contributed by atoms with Crippen molar-refractivity contribution >= 4 is 23.5 Å². The Morgan fingerprint density at radius 2 is 2.60 bits per heavy atom. The van der Waals surface area contributed by atoms with E-state index in [1.807, 2.05) is 11.8 Å². The second-order valence-corrected chi connectivity index (χ2v) is 4.64. The molecule has 1 N–H and O–H groups in total. The molecular weight excluding hydrogens is 162 g/mol. The molecule has 1 rings (SSSR count). The van der Waals surface area contributed by atoms with Gasteiger partial charge in [-0.3, -0.25) is 0 Å². The summed E-state index contributed by atoms with van der Waals surface area (Å²) < 4.78 is 0. The van der Waals surface area contributed by atoms with Crippen LogP contribution in [0.1, 0.15) is 6.42 Å². The van der Waals surface area contributed by atoms with Gasteiger partial charge in [0.1, 0.15) is 0 Å². The Bertz CT molecular complexity index is 81.7. The van der Waals surface area contributed by atoms with Gasteiger partial charge in [0, 0.05) is 24.1 Å². The first-order valence-electron chi connectivity index (χ1n) is 3.73. The van der Waals surface area contributed by atoms with Crippen molar-refractivity contribution in [2.24, 2.45) is 0 Å². The molecule has 1 fully saturated rings. The SMILES string of the molecule is CSCCNC1CCSC1. The summed E-state index contributed by atoms with van der Waals surface area (Å²) in [6, 6.07) is 0.817. The van der Waals surface area contributed by atoms with Gasteiger partial charge in [0.05, 0.1) is 0 Å². The highest BCUT2D eigenvalue weighted by atomic mass is 32.2. The average molecular weight is 177 g/mol. The van der Waals surface area contributed by atoms with Crippen LogP contribution in [0.4, 0.5) is 0 Å². The van der Waals surface area contributed by atoms with E-state index in [0.29, 0.717) is 0 Å². The fourth-order valence-corrected chi connectivity index (χ4v) is 2.57. The van der Waals surface area contributed by atoms with E-state index in [-0.39, 0.29) is 0 Å². The Morgan fingerprint density at radius 3 is 3.20 bits per heavy atom. The molecule has 1 aliphatic heterocycles. The lowest BCUT2D eigenvalue weighted by Crippen LogP contribution is -2.30. The maximum absolute atomic E-state index is 3.54. The van der Waals surface area contributed by atoms with E-state index < -0.39 is 0 Å². The van der Waals surface area contributed by atoms with Crippen molar-refractivity contribution in [3.05, 3.63) is 0 Å². The summed E-state index contributed by atoms with van der Waals surface area (Å²) in [5, 5.41) is 3.54. The van der Waals surface area contributed by atoms with Gasteiger partial charge in [-0.2, -0.15) is 23.5 Å². The van der Waals surface area contributed by atoms with Crippen LogP contribution in [0, 0.1) is 0 Å². The smallest absolute Gasteiger partial charge is 0.0166 e. The van der Waals surface area contributed by atoms with Crippen molar-refractivity contribution in [1.29, 1.82) is 0 Å². The third-order valence-electron chi connectivity index (χ3n) is 1.67. The standard InChI is InChI=1S/C7H15NS2/c1-9-5-3-8-7-2-4-10-6-7/h7-8H,2-6H2,1H3. The van der Waals surface area contributed by atoms with Crippen LogP contribution in [0.5, 0.6) is 0 Å². The van der Waals surface area contributed by atoms with Crippen LogP contribution in [0.15, 0.2) is 0 Å². The Morgan fingerprint density at radius 1 is 1.70 bits per heavy atom. The largest absolute Gasteiger partial charge is 0.312 e. The van der Waals surface area contributed by atoms with Crippen molar-refractivity contribution in [3.8, 4) is 0 Å². The first-order valence-corrected chi connectivity index (χ1v) is 6.28. The summed E-state index contributed by atoms with van der Waals surface area (Å²) >= 11 is 3.99. The number of hydrogen-bond acceptors (Lipinski definition) is 3. The van der Waals surface area contributed by atoms with E-state index in [0.717, 1.165) is 6.04 Å². The van der Waals surface area contributed by atoms with E-state index in [9.17, 15) is 0 Å². The number of hydrogen-bond donors (Lipinski definition) is 1. The van der Waals surface area contributed by atoms with E-state index in [4.69, 9.17) is 0 Å². The summed E-state index contributed by atoms with van der Waals surface area (Å²) in [4.78, 5) is 0. The van der Waals surface area contributed by atoms with Crippen LogP contribution >= 0.6 is 23.5 Å². The molecule has 0 aliphatic carbocycles. The third kappa shape index (κ3) is 3.17. The minimum Gasteiger partial charge on any atom is -0.312 e. The molecule has 1 saturated heterocycles. The zero-order valence-electron chi connectivity index (χ0n) is 6.43. The molecule has 1 atom stereocenters. The molecular formula is C7H15NS2. The predicted molar refractivity (Wildman–Crippen MR) is 52.1 cm³/mol. The summed E-state index contributed by atoms with van der Waals surface area (Å²) in [5.41, 5.74) is 0. The highest BCUT2D eigenvalue weighted by Crippen LogP contribution is 2.16. The molecule has 1 nitrogen and oxygen atoms in total. The van der Waals surface area contributed by atoms with Crippen LogP contribution in [0.25, 0.3) is 0 Å². The van der Waals surface area contributed by atoms with Crippen LogP contribution in [-0.2, 0) is 0 Å². The molecule has 0 aromatic rings. The van der Waals surface area contributed by atoms with E-state index in [1.54, 1.807) is 0 Å². The molecule has 0 bridgehead atoms. The van der Waals surface area contributed by atoms with Crippen molar-refractivity contribution in [2.45, 2.75) is 12.5 Å². The fraction of sp³-hybridized carbons (Fsp3) is 1.00. The molecule has 0 saturated carbocycles. The van der Waals surface area contributed by atoms with Crippen LogP contribution in [0.2, 0.25) is 0 Å². The Kier molecular flexibility index (Phi) is 4.66. The lowest BCUT2D eigenvalue weighted by molar-refractivity contribution is 0.581. The summed E-state index contributed by atoms with van der Waals surface area (Å²) in [7, 11) is 0. The zero-order chi connectivity index (χ0) is 7.23. The van der Waals surface area contributed by atoms with Crippen molar-refractivity contribution < 1.29 is 0 Å². The Balaban J connectivity index is 1.91. The molecule has 1 heterocycles. The van der Waals surface area contributed by atoms with Crippen molar-refractivity contribution in [2.75, 3.05) is 30.1 Å². The molecule has 0 aromatic carbocycles. The minimum atomic E-state index is 0.817. The van der Waals surface area contributed by atoms with E-state index in [1.165, 1.54) is 30.2 Å². The first kappa shape index (κ1) is 8.75. The second-order valence-electron chi connectivity index (χ2n) is 2.51. The molecule has 0 spiro atoms. The van der Waals surface area contributed by atoms with Gasteiger partial charge in [0.25, 0.3) is 0 Å². The molecule has 1 unspecified atom stereocenters. The summed E-state index contributed by atoms with van der Waals surface area (Å²) in [6.45, 7) is 1.19. The summed E-state index contributed by atoms with van der Waals surface area (Å²) in [5.74, 6) is 3.94. The Labute approximate surface area is 71.7 Å². The van der Waals surface area contributed by atoms with Crippen molar-refractivity contribution in [3.63, 3.8) is 0 Å². The Hall–Kier alpha value is 0.660. The minimum absolute atomic E-state index is 0.817. The molecule has 0 amide bonds. The van der Waals surface area contributed by atoms with Gasteiger partial charge in [-0.25, -0.2) is 0 Å². The normalized spacial score (nSPS) is 25.5. The molecule has 1 aliphatic rings. The van der Waals surface area contributed by atoms with Gasteiger partial charge in [-0.15, -0.1) is 0 Å². The van der Waals surface area contributed by atoms with Gasteiger partial charge in [-0.1, -0.05) is 0 Å². The highest BCUT2D eigenvalue weighted by molar-refractivity contribution is 7.99. The quantitative estimate of drug-likeness (QED) is 0.653. The maximum atomic E-state index is 3.54.